The lowest BCUT2D eigenvalue weighted by molar-refractivity contribution is -0.138. The van der Waals surface area contributed by atoms with Gasteiger partial charge in [0, 0.05) is 24.2 Å². The van der Waals surface area contributed by atoms with Crippen LogP contribution in [0.2, 0.25) is 0 Å². The highest BCUT2D eigenvalue weighted by molar-refractivity contribution is 5.78. The lowest BCUT2D eigenvalue weighted by Crippen LogP contribution is -2.45. The second-order valence-electron chi connectivity index (χ2n) is 5.40. The first-order chi connectivity index (χ1) is 8.69. The van der Waals surface area contributed by atoms with E-state index in [0.717, 1.165) is 11.4 Å². The van der Waals surface area contributed by atoms with Crippen LogP contribution in [-0.4, -0.2) is 32.3 Å². The van der Waals surface area contributed by atoms with Gasteiger partial charge in [0.2, 0.25) is 5.91 Å². The summed E-state index contributed by atoms with van der Waals surface area (Å²) in [5, 5.41) is 15.7. The number of rotatable bonds is 6. The summed E-state index contributed by atoms with van der Waals surface area (Å²) in [6.45, 7) is 7.73. The first-order valence-corrected chi connectivity index (χ1v) is 6.23. The molecule has 1 aromatic heterocycles. The molecular weight excluding hydrogens is 246 g/mol. The lowest BCUT2D eigenvalue weighted by Gasteiger charge is -2.24. The normalized spacial score (nSPS) is 11.4. The molecule has 0 aromatic carbocycles. The van der Waals surface area contributed by atoms with E-state index in [0.29, 0.717) is 6.54 Å². The number of carbonyl (C=O) groups is 2. The molecule has 0 unspecified atom stereocenters. The van der Waals surface area contributed by atoms with Crippen LogP contribution < -0.4 is 5.32 Å². The van der Waals surface area contributed by atoms with Gasteiger partial charge in [-0.1, -0.05) is 0 Å². The number of nitrogens with zero attached hydrogens (tertiary/aromatic N) is 2. The highest BCUT2D eigenvalue weighted by atomic mass is 16.4. The highest BCUT2D eigenvalue weighted by Gasteiger charge is 2.23. The quantitative estimate of drug-likeness (QED) is 0.812. The molecule has 6 heteroatoms. The van der Waals surface area contributed by atoms with Gasteiger partial charge in [-0.25, -0.2) is 0 Å². The molecule has 1 aromatic rings. The van der Waals surface area contributed by atoms with Crippen LogP contribution in [0, 0.1) is 13.8 Å². The molecule has 0 saturated heterocycles. The zero-order valence-corrected chi connectivity index (χ0v) is 11.9. The molecule has 0 bridgehead atoms. The maximum absolute atomic E-state index is 11.8. The van der Waals surface area contributed by atoms with Gasteiger partial charge in [0.25, 0.3) is 0 Å². The fourth-order valence-corrected chi connectivity index (χ4v) is 1.97. The molecule has 0 radical (unpaired) electrons. The molecule has 19 heavy (non-hydrogen) atoms. The van der Waals surface area contributed by atoms with Gasteiger partial charge in [0.05, 0.1) is 12.1 Å². The Hall–Kier alpha value is -1.85. The Morgan fingerprint density at radius 1 is 1.42 bits per heavy atom. The molecular formula is C13H21N3O3. The third-order valence-corrected chi connectivity index (χ3v) is 2.73. The molecule has 1 amide bonds. The summed E-state index contributed by atoms with van der Waals surface area (Å²) in [4.78, 5) is 22.4. The molecule has 0 spiro atoms. The van der Waals surface area contributed by atoms with Gasteiger partial charge < -0.3 is 10.4 Å². The van der Waals surface area contributed by atoms with E-state index < -0.39 is 11.5 Å². The predicted molar refractivity (Wildman–Crippen MR) is 70.8 cm³/mol. The first-order valence-electron chi connectivity index (χ1n) is 6.23. The van der Waals surface area contributed by atoms with E-state index in [9.17, 15) is 9.59 Å². The van der Waals surface area contributed by atoms with Gasteiger partial charge in [-0.15, -0.1) is 0 Å². The maximum Gasteiger partial charge on any atom is 0.305 e. The Morgan fingerprint density at radius 2 is 2.05 bits per heavy atom. The third kappa shape index (κ3) is 5.11. The van der Waals surface area contributed by atoms with Crippen molar-refractivity contribution in [2.45, 2.75) is 52.6 Å². The number of nitrogens with one attached hydrogen (secondary N) is 1. The molecule has 0 saturated carbocycles. The number of aromatic nitrogens is 2. The zero-order valence-electron chi connectivity index (χ0n) is 11.9. The van der Waals surface area contributed by atoms with E-state index in [1.807, 2.05) is 19.9 Å². The number of carboxylic acid groups (broad SMARTS) is 1. The second kappa shape index (κ2) is 5.86. The van der Waals surface area contributed by atoms with Gasteiger partial charge in [0.1, 0.15) is 0 Å². The Balaban J connectivity index is 2.48. The summed E-state index contributed by atoms with van der Waals surface area (Å²) in [5.41, 5.74) is 1.19. The van der Waals surface area contributed by atoms with Crippen molar-refractivity contribution >= 4 is 11.9 Å². The van der Waals surface area contributed by atoms with E-state index in [-0.39, 0.29) is 18.7 Å². The van der Waals surface area contributed by atoms with E-state index in [4.69, 9.17) is 5.11 Å². The smallest absolute Gasteiger partial charge is 0.305 e. The minimum Gasteiger partial charge on any atom is -0.481 e. The molecule has 0 aliphatic rings. The van der Waals surface area contributed by atoms with Crippen molar-refractivity contribution in [3.8, 4) is 0 Å². The minimum absolute atomic E-state index is 0.0986. The lowest BCUT2D eigenvalue weighted by atomic mass is 10.0. The van der Waals surface area contributed by atoms with Gasteiger partial charge in [-0.3, -0.25) is 14.3 Å². The van der Waals surface area contributed by atoms with E-state index in [1.165, 1.54) is 0 Å². The van der Waals surface area contributed by atoms with Gasteiger partial charge in [0.15, 0.2) is 0 Å². The molecule has 0 atom stereocenters. The average molecular weight is 267 g/mol. The van der Waals surface area contributed by atoms with E-state index in [2.05, 4.69) is 10.4 Å². The van der Waals surface area contributed by atoms with Gasteiger partial charge >= 0.3 is 5.97 Å². The zero-order chi connectivity index (χ0) is 14.6. The monoisotopic (exact) mass is 267 g/mol. The van der Waals surface area contributed by atoms with Crippen LogP contribution in [0.4, 0.5) is 0 Å². The van der Waals surface area contributed by atoms with Crippen molar-refractivity contribution in [1.29, 1.82) is 0 Å². The molecule has 2 N–H and O–H groups in total. The molecule has 0 aliphatic heterocycles. The summed E-state index contributed by atoms with van der Waals surface area (Å²) in [7, 11) is 0. The van der Waals surface area contributed by atoms with Crippen molar-refractivity contribution in [2.75, 3.05) is 0 Å². The number of aryl methyl sites for hydroxylation is 3. The number of carbonyl (C=O) groups excluding carboxylic acids is 1. The van der Waals surface area contributed by atoms with E-state index in [1.54, 1.807) is 18.5 Å². The van der Waals surface area contributed by atoms with Gasteiger partial charge in [-0.05, 0) is 33.8 Å². The summed E-state index contributed by atoms with van der Waals surface area (Å²) in [6, 6.07) is 1.95. The van der Waals surface area contributed by atoms with Crippen LogP contribution in [0.3, 0.4) is 0 Å². The summed E-state index contributed by atoms with van der Waals surface area (Å²) < 4.78 is 1.78. The topological polar surface area (TPSA) is 84.2 Å². The highest BCUT2D eigenvalue weighted by Crippen LogP contribution is 2.09. The Labute approximate surface area is 112 Å². The Kier molecular flexibility index (Phi) is 4.69. The van der Waals surface area contributed by atoms with Crippen molar-refractivity contribution in [1.82, 2.24) is 15.1 Å². The standard InChI is InChI=1S/C13H21N3O3/c1-9-7-10(2)16(15-9)6-5-11(17)14-13(3,4)8-12(18)19/h7H,5-6,8H2,1-4H3,(H,14,17)(H,18,19). The van der Waals surface area contributed by atoms with Crippen molar-refractivity contribution < 1.29 is 14.7 Å². The number of aliphatic carboxylic acids is 1. The average Bonchev–Trinajstić information content (AvgIpc) is 2.51. The second-order valence-corrected chi connectivity index (χ2v) is 5.40. The van der Waals surface area contributed by atoms with Crippen molar-refractivity contribution in [3.63, 3.8) is 0 Å². The SMILES string of the molecule is Cc1cc(C)n(CCC(=O)NC(C)(C)CC(=O)O)n1. The summed E-state index contributed by atoms with van der Waals surface area (Å²) in [6.07, 6.45) is 0.184. The molecule has 0 aliphatic carbocycles. The van der Waals surface area contributed by atoms with Crippen LogP contribution >= 0.6 is 0 Å². The van der Waals surface area contributed by atoms with Crippen LogP contribution in [0.15, 0.2) is 6.07 Å². The Morgan fingerprint density at radius 3 is 2.53 bits per heavy atom. The molecule has 6 nitrogen and oxygen atoms in total. The fourth-order valence-electron chi connectivity index (χ4n) is 1.97. The number of carboxylic acids is 1. The molecule has 106 valence electrons. The number of hydrogen-bond acceptors (Lipinski definition) is 3. The minimum atomic E-state index is -0.927. The van der Waals surface area contributed by atoms with E-state index >= 15 is 0 Å². The largest absolute Gasteiger partial charge is 0.481 e. The molecule has 1 heterocycles. The van der Waals surface area contributed by atoms with Crippen LogP contribution in [0.1, 0.15) is 38.1 Å². The Bertz CT molecular complexity index is 477. The van der Waals surface area contributed by atoms with Crippen LogP contribution in [-0.2, 0) is 16.1 Å². The van der Waals surface area contributed by atoms with Crippen LogP contribution in [0.25, 0.3) is 0 Å². The summed E-state index contributed by atoms with van der Waals surface area (Å²) in [5.74, 6) is -1.09. The molecule has 0 fully saturated rings. The third-order valence-electron chi connectivity index (χ3n) is 2.73. The number of amides is 1. The van der Waals surface area contributed by atoms with Crippen LogP contribution in [0.5, 0.6) is 0 Å². The molecule has 1 rings (SSSR count). The fraction of sp³-hybridized carbons (Fsp3) is 0.615. The maximum atomic E-state index is 11.8. The van der Waals surface area contributed by atoms with Crippen molar-refractivity contribution in [2.24, 2.45) is 0 Å². The first kappa shape index (κ1) is 15.2. The number of hydrogen-bond donors (Lipinski definition) is 2. The van der Waals surface area contributed by atoms with Crippen molar-refractivity contribution in [3.05, 3.63) is 17.5 Å². The summed E-state index contributed by atoms with van der Waals surface area (Å²) >= 11 is 0. The van der Waals surface area contributed by atoms with Gasteiger partial charge in [-0.2, -0.15) is 5.10 Å². The predicted octanol–water partition coefficient (Wildman–Crippen LogP) is 1.26.